The molecule has 21 heavy (non-hydrogen) atoms. The standard InChI is InChI=1S/C21H18/c1-15-9-8-13-18-17-12-6-7-14-19(17)21(2,20(15)18)16-10-4-3-5-11-16/h3-14H,1-2H3. The Morgan fingerprint density at radius 3 is 2.14 bits per heavy atom. The van der Waals surface area contributed by atoms with Gasteiger partial charge in [-0.25, -0.2) is 0 Å². The molecule has 1 aliphatic rings. The third-order valence-corrected chi connectivity index (χ3v) is 4.88. The van der Waals surface area contributed by atoms with E-state index in [1.807, 2.05) is 0 Å². The van der Waals surface area contributed by atoms with Crippen molar-refractivity contribution < 1.29 is 0 Å². The van der Waals surface area contributed by atoms with Crippen LogP contribution in [0.3, 0.4) is 0 Å². The second kappa shape index (κ2) is 4.33. The maximum Gasteiger partial charge on any atom is 0.0438 e. The third kappa shape index (κ3) is 1.56. The van der Waals surface area contributed by atoms with Crippen LogP contribution in [-0.2, 0) is 5.41 Å². The van der Waals surface area contributed by atoms with E-state index in [4.69, 9.17) is 0 Å². The first-order valence-electron chi connectivity index (χ1n) is 7.48. The summed E-state index contributed by atoms with van der Waals surface area (Å²) in [5.41, 5.74) is 8.32. The Hall–Kier alpha value is -2.34. The van der Waals surface area contributed by atoms with Crippen LogP contribution in [0, 0.1) is 6.92 Å². The summed E-state index contributed by atoms with van der Waals surface area (Å²) in [6, 6.07) is 26.3. The lowest BCUT2D eigenvalue weighted by atomic mass is 9.73. The Bertz CT molecular complexity index is 814. The summed E-state index contributed by atoms with van der Waals surface area (Å²) in [5.74, 6) is 0. The Morgan fingerprint density at radius 2 is 1.33 bits per heavy atom. The van der Waals surface area contributed by atoms with Gasteiger partial charge in [0.05, 0.1) is 0 Å². The van der Waals surface area contributed by atoms with Gasteiger partial charge in [0.25, 0.3) is 0 Å². The van der Waals surface area contributed by atoms with Gasteiger partial charge in [0, 0.05) is 5.41 Å². The van der Waals surface area contributed by atoms with Gasteiger partial charge in [-0.3, -0.25) is 0 Å². The van der Waals surface area contributed by atoms with E-state index in [1.54, 1.807) is 0 Å². The Balaban J connectivity index is 2.13. The predicted octanol–water partition coefficient (Wildman–Crippen LogP) is 5.33. The van der Waals surface area contributed by atoms with Crippen LogP contribution in [0.15, 0.2) is 72.8 Å². The highest BCUT2D eigenvalue weighted by Crippen LogP contribution is 2.53. The molecule has 0 aromatic heterocycles. The highest BCUT2D eigenvalue weighted by molar-refractivity contribution is 5.84. The van der Waals surface area contributed by atoms with Crippen LogP contribution in [0.5, 0.6) is 0 Å². The molecule has 0 fully saturated rings. The average molecular weight is 270 g/mol. The smallest absolute Gasteiger partial charge is 0.0438 e. The molecule has 0 bridgehead atoms. The maximum absolute atomic E-state index is 2.36. The normalized spacial score (nSPS) is 19.1. The fourth-order valence-corrected chi connectivity index (χ4v) is 3.92. The van der Waals surface area contributed by atoms with Crippen molar-refractivity contribution in [3.8, 4) is 11.1 Å². The number of hydrogen-bond donors (Lipinski definition) is 0. The van der Waals surface area contributed by atoms with Crippen LogP contribution in [0.4, 0.5) is 0 Å². The molecule has 1 unspecified atom stereocenters. The first-order valence-corrected chi connectivity index (χ1v) is 7.48. The van der Waals surface area contributed by atoms with E-state index in [2.05, 4.69) is 86.6 Å². The van der Waals surface area contributed by atoms with Crippen LogP contribution >= 0.6 is 0 Å². The molecule has 0 amide bonds. The van der Waals surface area contributed by atoms with E-state index >= 15 is 0 Å². The number of aryl methyl sites for hydroxylation is 1. The van der Waals surface area contributed by atoms with Crippen LogP contribution in [0.25, 0.3) is 11.1 Å². The highest BCUT2D eigenvalue weighted by atomic mass is 14.4. The first-order chi connectivity index (χ1) is 10.2. The molecule has 0 saturated heterocycles. The molecule has 0 nitrogen and oxygen atoms in total. The Kier molecular flexibility index (Phi) is 2.56. The van der Waals surface area contributed by atoms with E-state index in [0.717, 1.165) is 0 Å². The van der Waals surface area contributed by atoms with Crippen molar-refractivity contribution in [2.45, 2.75) is 19.3 Å². The molecule has 0 spiro atoms. The van der Waals surface area contributed by atoms with Gasteiger partial charge >= 0.3 is 0 Å². The van der Waals surface area contributed by atoms with Crippen molar-refractivity contribution in [2.24, 2.45) is 0 Å². The summed E-state index contributed by atoms with van der Waals surface area (Å²) in [5, 5.41) is 0. The summed E-state index contributed by atoms with van der Waals surface area (Å²) in [6.45, 7) is 4.59. The number of hydrogen-bond acceptors (Lipinski definition) is 0. The average Bonchev–Trinajstić information content (AvgIpc) is 2.81. The van der Waals surface area contributed by atoms with Crippen LogP contribution < -0.4 is 0 Å². The lowest BCUT2D eigenvalue weighted by Gasteiger charge is -2.29. The zero-order valence-corrected chi connectivity index (χ0v) is 12.4. The minimum absolute atomic E-state index is 0.0570. The lowest BCUT2D eigenvalue weighted by Crippen LogP contribution is -2.23. The summed E-state index contributed by atoms with van der Waals surface area (Å²) in [7, 11) is 0. The van der Waals surface area contributed by atoms with Crippen molar-refractivity contribution in [2.75, 3.05) is 0 Å². The van der Waals surface area contributed by atoms with Gasteiger partial charge in [-0.2, -0.15) is 0 Å². The maximum atomic E-state index is 2.36. The van der Waals surface area contributed by atoms with Gasteiger partial charge in [-0.05, 0) is 47.2 Å². The summed E-state index contributed by atoms with van der Waals surface area (Å²) < 4.78 is 0. The molecule has 4 rings (SSSR count). The van der Waals surface area contributed by atoms with Gasteiger partial charge in [0.15, 0.2) is 0 Å². The summed E-state index contributed by atoms with van der Waals surface area (Å²) >= 11 is 0. The van der Waals surface area contributed by atoms with Crippen molar-refractivity contribution in [3.05, 3.63) is 95.1 Å². The molecule has 0 saturated carbocycles. The molecular weight excluding hydrogens is 252 g/mol. The van der Waals surface area contributed by atoms with Gasteiger partial charge in [0.2, 0.25) is 0 Å². The lowest BCUT2D eigenvalue weighted by molar-refractivity contribution is 0.708. The molecule has 3 aromatic carbocycles. The second-order valence-electron chi connectivity index (χ2n) is 6.03. The fourth-order valence-electron chi connectivity index (χ4n) is 3.92. The molecule has 3 aromatic rings. The molecule has 0 aliphatic heterocycles. The van der Waals surface area contributed by atoms with E-state index in [9.17, 15) is 0 Å². The molecule has 0 heterocycles. The molecule has 1 atom stereocenters. The zero-order chi connectivity index (χ0) is 14.4. The van der Waals surface area contributed by atoms with Crippen molar-refractivity contribution in [1.82, 2.24) is 0 Å². The predicted molar refractivity (Wildman–Crippen MR) is 88.6 cm³/mol. The summed E-state index contributed by atoms with van der Waals surface area (Å²) in [6.07, 6.45) is 0. The Labute approximate surface area is 126 Å². The van der Waals surface area contributed by atoms with E-state index in [1.165, 1.54) is 33.4 Å². The molecular formula is C21H18. The van der Waals surface area contributed by atoms with Gasteiger partial charge < -0.3 is 0 Å². The third-order valence-electron chi connectivity index (χ3n) is 4.88. The van der Waals surface area contributed by atoms with Crippen molar-refractivity contribution >= 4 is 0 Å². The van der Waals surface area contributed by atoms with Crippen LogP contribution in [0.1, 0.15) is 29.2 Å². The SMILES string of the molecule is Cc1cccc2c1C(C)(c1ccccc1)c1ccccc1-2. The minimum Gasteiger partial charge on any atom is -0.0622 e. The number of benzene rings is 3. The molecule has 0 N–H and O–H groups in total. The van der Waals surface area contributed by atoms with Crippen molar-refractivity contribution in [1.29, 1.82) is 0 Å². The van der Waals surface area contributed by atoms with E-state index in [0.29, 0.717) is 0 Å². The highest BCUT2D eigenvalue weighted by Gasteiger charge is 2.41. The van der Waals surface area contributed by atoms with Gasteiger partial charge in [0.1, 0.15) is 0 Å². The minimum atomic E-state index is -0.0570. The summed E-state index contributed by atoms with van der Waals surface area (Å²) in [4.78, 5) is 0. The van der Waals surface area contributed by atoms with E-state index < -0.39 is 0 Å². The topological polar surface area (TPSA) is 0 Å². The number of fused-ring (bicyclic) bond motifs is 3. The van der Waals surface area contributed by atoms with Gasteiger partial charge in [-0.15, -0.1) is 0 Å². The number of rotatable bonds is 1. The van der Waals surface area contributed by atoms with E-state index in [-0.39, 0.29) is 5.41 Å². The largest absolute Gasteiger partial charge is 0.0622 e. The molecule has 0 radical (unpaired) electrons. The second-order valence-corrected chi connectivity index (χ2v) is 6.03. The first kappa shape index (κ1) is 12.4. The zero-order valence-electron chi connectivity index (χ0n) is 12.4. The van der Waals surface area contributed by atoms with Crippen LogP contribution in [-0.4, -0.2) is 0 Å². The molecule has 0 heteroatoms. The monoisotopic (exact) mass is 270 g/mol. The Morgan fingerprint density at radius 1 is 0.667 bits per heavy atom. The quantitative estimate of drug-likeness (QED) is 0.560. The molecule has 1 aliphatic carbocycles. The van der Waals surface area contributed by atoms with Crippen LogP contribution in [0.2, 0.25) is 0 Å². The fraction of sp³-hybridized carbons (Fsp3) is 0.143. The van der Waals surface area contributed by atoms with Gasteiger partial charge in [-0.1, -0.05) is 72.8 Å². The molecule has 102 valence electrons. The van der Waals surface area contributed by atoms with Crippen molar-refractivity contribution in [3.63, 3.8) is 0 Å².